The van der Waals surface area contributed by atoms with E-state index in [-0.39, 0.29) is 6.04 Å². The van der Waals surface area contributed by atoms with Crippen molar-refractivity contribution in [3.8, 4) is 0 Å². The zero-order chi connectivity index (χ0) is 12.1. The van der Waals surface area contributed by atoms with Gasteiger partial charge in [-0.3, -0.25) is 0 Å². The van der Waals surface area contributed by atoms with Gasteiger partial charge in [-0.1, -0.05) is 19.8 Å². The molecule has 2 rings (SSSR count). The fraction of sp³-hybridized carbons (Fsp3) is 0.917. The highest BCUT2D eigenvalue weighted by Gasteiger charge is 2.21. The van der Waals surface area contributed by atoms with Crippen molar-refractivity contribution >= 4 is 0 Å². The third-order valence-corrected chi connectivity index (χ3v) is 3.33. The summed E-state index contributed by atoms with van der Waals surface area (Å²) in [5.74, 6) is 1.96. The fourth-order valence-corrected chi connectivity index (χ4v) is 2.07. The van der Waals surface area contributed by atoms with Crippen LogP contribution in [0.4, 0.5) is 0 Å². The molecule has 5 heteroatoms. The van der Waals surface area contributed by atoms with Crippen LogP contribution in [0.5, 0.6) is 0 Å². The maximum absolute atomic E-state index is 4.12. The van der Waals surface area contributed by atoms with E-state index in [1.165, 1.54) is 25.7 Å². The standard InChI is InChI=1S/C12H23N5/c1-3-8-13-10(2)12-14-15-16-17(12)9-4-5-11-6-7-11/h10-11,13H,3-9H2,1-2H3. The van der Waals surface area contributed by atoms with Gasteiger partial charge in [0.25, 0.3) is 0 Å². The Labute approximate surface area is 103 Å². The first-order valence-electron chi connectivity index (χ1n) is 6.80. The van der Waals surface area contributed by atoms with Crippen LogP contribution in [0.1, 0.15) is 57.8 Å². The van der Waals surface area contributed by atoms with E-state index in [4.69, 9.17) is 0 Å². The Morgan fingerprint density at radius 1 is 1.47 bits per heavy atom. The van der Waals surface area contributed by atoms with Crippen molar-refractivity contribution in [1.29, 1.82) is 0 Å². The molecule has 1 N–H and O–H groups in total. The Hall–Kier alpha value is -0.970. The minimum Gasteiger partial charge on any atom is -0.307 e. The van der Waals surface area contributed by atoms with Gasteiger partial charge in [-0.25, -0.2) is 4.68 Å². The molecule has 1 unspecified atom stereocenters. The number of aromatic nitrogens is 4. The molecular weight excluding hydrogens is 214 g/mol. The van der Waals surface area contributed by atoms with E-state index >= 15 is 0 Å². The number of hydrogen-bond acceptors (Lipinski definition) is 4. The zero-order valence-corrected chi connectivity index (χ0v) is 10.9. The third-order valence-electron chi connectivity index (χ3n) is 3.33. The molecule has 1 heterocycles. The molecule has 0 spiro atoms. The first-order valence-corrected chi connectivity index (χ1v) is 6.80. The molecule has 1 aliphatic rings. The van der Waals surface area contributed by atoms with E-state index in [1.807, 2.05) is 4.68 Å². The van der Waals surface area contributed by atoms with Crippen molar-refractivity contribution in [1.82, 2.24) is 25.5 Å². The highest BCUT2D eigenvalue weighted by molar-refractivity contribution is 4.89. The van der Waals surface area contributed by atoms with Crippen LogP contribution in [0.15, 0.2) is 0 Å². The highest BCUT2D eigenvalue weighted by atomic mass is 15.5. The average molecular weight is 237 g/mol. The summed E-state index contributed by atoms with van der Waals surface area (Å²) in [5.41, 5.74) is 0. The van der Waals surface area contributed by atoms with Crippen LogP contribution < -0.4 is 5.32 Å². The molecule has 0 aromatic carbocycles. The summed E-state index contributed by atoms with van der Waals surface area (Å²) in [7, 11) is 0. The van der Waals surface area contributed by atoms with Gasteiger partial charge < -0.3 is 5.32 Å². The summed E-state index contributed by atoms with van der Waals surface area (Å²) in [6.45, 7) is 6.25. The van der Waals surface area contributed by atoms with Crippen molar-refractivity contribution in [2.45, 2.75) is 58.5 Å². The van der Waals surface area contributed by atoms with Crippen LogP contribution in [0.2, 0.25) is 0 Å². The maximum atomic E-state index is 4.12. The number of rotatable bonds is 8. The van der Waals surface area contributed by atoms with Crippen LogP contribution in [0.3, 0.4) is 0 Å². The Morgan fingerprint density at radius 2 is 2.29 bits per heavy atom. The van der Waals surface area contributed by atoms with Crippen molar-refractivity contribution < 1.29 is 0 Å². The van der Waals surface area contributed by atoms with Crippen molar-refractivity contribution in [3.63, 3.8) is 0 Å². The predicted molar refractivity (Wildman–Crippen MR) is 66.5 cm³/mol. The van der Waals surface area contributed by atoms with Crippen molar-refractivity contribution in [2.24, 2.45) is 5.92 Å². The topological polar surface area (TPSA) is 55.6 Å². The first-order chi connectivity index (χ1) is 8.31. The molecular formula is C12H23N5. The molecule has 0 bridgehead atoms. The Kier molecular flexibility index (Phi) is 4.48. The van der Waals surface area contributed by atoms with Crippen LogP contribution in [0.25, 0.3) is 0 Å². The Bertz CT molecular complexity index is 331. The van der Waals surface area contributed by atoms with Gasteiger partial charge in [0.1, 0.15) is 0 Å². The Balaban J connectivity index is 1.81. The lowest BCUT2D eigenvalue weighted by molar-refractivity contribution is 0.464. The van der Waals surface area contributed by atoms with Gasteiger partial charge in [0.05, 0.1) is 6.04 Å². The second kappa shape index (κ2) is 6.10. The van der Waals surface area contributed by atoms with E-state index in [9.17, 15) is 0 Å². The maximum Gasteiger partial charge on any atom is 0.167 e. The zero-order valence-electron chi connectivity index (χ0n) is 10.9. The quantitative estimate of drug-likeness (QED) is 0.750. The summed E-state index contributed by atoms with van der Waals surface area (Å²) >= 11 is 0. The highest BCUT2D eigenvalue weighted by Crippen LogP contribution is 2.33. The Morgan fingerprint density at radius 3 is 3.00 bits per heavy atom. The molecule has 0 radical (unpaired) electrons. The van der Waals surface area contributed by atoms with E-state index in [0.29, 0.717) is 0 Å². The van der Waals surface area contributed by atoms with Gasteiger partial charge in [-0.05, 0) is 49.1 Å². The molecule has 17 heavy (non-hydrogen) atoms. The smallest absolute Gasteiger partial charge is 0.167 e. The summed E-state index contributed by atoms with van der Waals surface area (Å²) in [4.78, 5) is 0. The first kappa shape index (κ1) is 12.5. The predicted octanol–water partition coefficient (Wildman–Crippen LogP) is 1.92. The van der Waals surface area contributed by atoms with E-state index in [1.54, 1.807) is 0 Å². The van der Waals surface area contributed by atoms with E-state index in [0.717, 1.165) is 31.3 Å². The lowest BCUT2D eigenvalue weighted by Crippen LogP contribution is -2.23. The molecule has 1 atom stereocenters. The molecule has 1 aliphatic carbocycles. The minimum absolute atomic E-state index is 0.242. The second-order valence-electron chi connectivity index (χ2n) is 5.02. The lowest BCUT2D eigenvalue weighted by atomic mass is 10.2. The minimum atomic E-state index is 0.242. The normalized spacial score (nSPS) is 17.3. The van der Waals surface area contributed by atoms with Crippen LogP contribution in [-0.2, 0) is 6.54 Å². The molecule has 1 aromatic rings. The number of hydrogen-bond donors (Lipinski definition) is 1. The summed E-state index contributed by atoms with van der Waals surface area (Å²) < 4.78 is 1.95. The number of nitrogens with zero attached hydrogens (tertiary/aromatic N) is 4. The largest absolute Gasteiger partial charge is 0.307 e. The van der Waals surface area contributed by atoms with Crippen LogP contribution >= 0.6 is 0 Å². The third kappa shape index (κ3) is 3.77. The van der Waals surface area contributed by atoms with Gasteiger partial charge in [-0.15, -0.1) is 5.10 Å². The van der Waals surface area contributed by atoms with Crippen LogP contribution in [0, 0.1) is 5.92 Å². The fourth-order valence-electron chi connectivity index (χ4n) is 2.07. The molecule has 5 nitrogen and oxygen atoms in total. The number of tetrazole rings is 1. The summed E-state index contributed by atoms with van der Waals surface area (Å²) in [5, 5.41) is 15.4. The molecule has 0 amide bonds. The van der Waals surface area contributed by atoms with E-state index < -0.39 is 0 Å². The molecule has 1 saturated carbocycles. The monoisotopic (exact) mass is 237 g/mol. The molecule has 1 fully saturated rings. The van der Waals surface area contributed by atoms with Gasteiger partial charge in [-0.2, -0.15) is 0 Å². The SMILES string of the molecule is CCCNC(C)c1nnnn1CCCC1CC1. The van der Waals surface area contributed by atoms with Crippen molar-refractivity contribution in [3.05, 3.63) is 5.82 Å². The van der Waals surface area contributed by atoms with Gasteiger partial charge >= 0.3 is 0 Å². The van der Waals surface area contributed by atoms with Gasteiger partial charge in [0.15, 0.2) is 5.82 Å². The average Bonchev–Trinajstić information content (AvgIpc) is 3.03. The van der Waals surface area contributed by atoms with Gasteiger partial charge in [0.2, 0.25) is 0 Å². The lowest BCUT2D eigenvalue weighted by Gasteiger charge is -2.12. The van der Waals surface area contributed by atoms with E-state index in [2.05, 4.69) is 34.7 Å². The van der Waals surface area contributed by atoms with Crippen LogP contribution in [-0.4, -0.2) is 26.8 Å². The number of nitrogens with one attached hydrogen (secondary N) is 1. The van der Waals surface area contributed by atoms with Crippen molar-refractivity contribution in [2.75, 3.05) is 6.54 Å². The molecule has 0 aliphatic heterocycles. The molecule has 0 saturated heterocycles. The summed E-state index contributed by atoms with van der Waals surface area (Å²) in [6, 6.07) is 0.242. The second-order valence-corrected chi connectivity index (χ2v) is 5.02. The summed E-state index contributed by atoms with van der Waals surface area (Å²) in [6.07, 6.45) is 6.51. The molecule has 96 valence electrons. The molecule has 1 aromatic heterocycles. The number of aryl methyl sites for hydroxylation is 1. The van der Waals surface area contributed by atoms with Gasteiger partial charge in [0, 0.05) is 6.54 Å².